The van der Waals surface area contributed by atoms with Gasteiger partial charge in [0.1, 0.15) is 5.58 Å². The zero-order valence-electron chi connectivity index (χ0n) is 13.3. The van der Waals surface area contributed by atoms with Crippen molar-refractivity contribution in [1.82, 2.24) is 10.2 Å². The van der Waals surface area contributed by atoms with Crippen molar-refractivity contribution in [2.24, 2.45) is 0 Å². The van der Waals surface area contributed by atoms with Crippen molar-refractivity contribution in [2.75, 3.05) is 19.6 Å². The SMILES string of the molecule is Cc1ccc2c(CC(=O)N3CCNC[C@H]3C)coc2c1C.Cl. The highest BCUT2D eigenvalue weighted by molar-refractivity contribution is 5.89. The van der Waals surface area contributed by atoms with Crippen LogP contribution in [0.4, 0.5) is 0 Å². The molecule has 22 heavy (non-hydrogen) atoms. The third-order valence-corrected chi connectivity index (χ3v) is 4.51. The number of hydrogen-bond donors (Lipinski definition) is 1. The van der Waals surface area contributed by atoms with E-state index in [2.05, 4.69) is 38.2 Å². The topological polar surface area (TPSA) is 45.5 Å². The Labute approximate surface area is 137 Å². The van der Waals surface area contributed by atoms with Crippen LogP contribution in [0.1, 0.15) is 23.6 Å². The fraction of sp³-hybridized carbons (Fsp3) is 0.471. The Morgan fingerprint density at radius 2 is 2.18 bits per heavy atom. The van der Waals surface area contributed by atoms with Crippen LogP contribution < -0.4 is 5.32 Å². The molecule has 1 aliphatic heterocycles. The number of aryl methyl sites for hydroxylation is 2. The predicted molar refractivity (Wildman–Crippen MR) is 90.7 cm³/mol. The standard InChI is InChI=1S/C17H22N2O2.ClH/c1-11-4-5-15-14(10-21-17(15)13(11)3)8-16(20)19-7-6-18-9-12(19)2;/h4-5,10,12,18H,6-9H2,1-3H3;1H/t12-;/m1./s1. The summed E-state index contributed by atoms with van der Waals surface area (Å²) >= 11 is 0. The Balaban J connectivity index is 0.00000176. The van der Waals surface area contributed by atoms with Gasteiger partial charge in [0, 0.05) is 36.6 Å². The van der Waals surface area contributed by atoms with Crippen LogP contribution in [0.2, 0.25) is 0 Å². The van der Waals surface area contributed by atoms with E-state index in [-0.39, 0.29) is 24.4 Å². The number of amides is 1. The van der Waals surface area contributed by atoms with Gasteiger partial charge >= 0.3 is 0 Å². The Kier molecular flexibility index (Phi) is 5.14. The zero-order chi connectivity index (χ0) is 15.0. The molecule has 1 saturated heterocycles. The van der Waals surface area contributed by atoms with Crippen LogP contribution in [0.5, 0.6) is 0 Å². The number of carbonyl (C=O) groups excluding carboxylic acids is 1. The molecule has 4 nitrogen and oxygen atoms in total. The minimum absolute atomic E-state index is 0. The Morgan fingerprint density at radius 3 is 2.91 bits per heavy atom. The molecule has 0 unspecified atom stereocenters. The van der Waals surface area contributed by atoms with E-state index >= 15 is 0 Å². The molecule has 0 aliphatic carbocycles. The summed E-state index contributed by atoms with van der Waals surface area (Å²) in [5.41, 5.74) is 4.27. The van der Waals surface area contributed by atoms with E-state index in [1.54, 1.807) is 6.26 Å². The second-order valence-corrected chi connectivity index (χ2v) is 5.96. The molecule has 0 saturated carbocycles. The number of hydrogen-bond acceptors (Lipinski definition) is 3. The molecular weight excluding hydrogens is 300 g/mol. The smallest absolute Gasteiger partial charge is 0.227 e. The average molecular weight is 323 g/mol. The number of rotatable bonds is 2. The van der Waals surface area contributed by atoms with Gasteiger partial charge in [-0.15, -0.1) is 12.4 Å². The van der Waals surface area contributed by atoms with Gasteiger partial charge in [0.05, 0.1) is 12.7 Å². The summed E-state index contributed by atoms with van der Waals surface area (Å²) in [6.07, 6.45) is 2.15. The molecule has 1 fully saturated rings. The van der Waals surface area contributed by atoms with Crippen molar-refractivity contribution in [1.29, 1.82) is 0 Å². The maximum absolute atomic E-state index is 12.5. The predicted octanol–water partition coefficient (Wildman–Crippen LogP) is 2.83. The Hall–Kier alpha value is -1.52. The van der Waals surface area contributed by atoms with Crippen LogP contribution in [0.3, 0.4) is 0 Å². The molecule has 1 aromatic carbocycles. The van der Waals surface area contributed by atoms with Crippen LogP contribution in [-0.4, -0.2) is 36.5 Å². The van der Waals surface area contributed by atoms with Gasteiger partial charge < -0.3 is 14.6 Å². The second-order valence-electron chi connectivity index (χ2n) is 5.96. The summed E-state index contributed by atoms with van der Waals surface area (Å²) in [5, 5.41) is 4.37. The molecular formula is C17H23ClN2O2. The first kappa shape index (κ1) is 16.8. The summed E-state index contributed by atoms with van der Waals surface area (Å²) in [4.78, 5) is 14.5. The molecule has 2 aromatic rings. The van der Waals surface area contributed by atoms with Crippen molar-refractivity contribution in [2.45, 2.75) is 33.2 Å². The van der Waals surface area contributed by atoms with E-state index in [1.807, 2.05) is 4.90 Å². The largest absolute Gasteiger partial charge is 0.464 e. The summed E-state index contributed by atoms with van der Waals surface area (Å²) in [6.45, 7) is 8.76. The fourth-order valence-electron chi connectivity index (χ4n) is 3.00. The fourth-order valence-corrected chi connectivity index (χ4v) is 3.00. The zero-order valence-corrected chi connectivity index (χ0v) is 14.1. The number of fused-ring (bicyclic) bond motifs is 1. The minimum Gasteiger partial charge on any atom is -0.464 e. The van der Waals surface area contributed by atoms with E-state index in [4.69, 9.17) is 4.42 Å². The maximum atomic E-state index is 12.5. The number of benzene rings is 1. The van der Waals surface area contributed by atoms with Gasteiger partial charge in [-0.05, 0) is 31.9 Å². The van der Waals surface area contributed by atoms with E-state index in [0.717, 1.165) is 41.7 Å². The number of carbonyl (C=O) groups is 1. The monoisotopic (exact) mass is 322 g/mol. The van der Waals surface area contributed by atoms with Gasteiger partial charge in [0.2, 0.25) is 5.91 Å². The molecule has 0 bridgehead atoms. The molecule has 120 valence electrons. The van der Waals surface area contributed by atoms with Gasteiger partial charge in [-0.3, -0.25) is 4.79 Å². The molecule has 0 spiro atoms. The first-order valence-electron chi connectivity index (χ1n) is 7.54. The quantitative estimate of drug-likeness (QED) is 0.924. The van der Waals surface area contributed by atoms with Crippen LogP contribution >= 0.6 is 12.4 Å². The van der Waals surface area contributed by atoms with Gasteiger partial charge in [0.15, 0.2) is 0 Å². The Bertz CT molecular complexity index is 681. The molecule has 1 atom stereocenters. The molecule has 2 heterocycles. The summed E-state index contributed by atoms with van der Waals surface area (Å²) < 4.78 is 5.69. The summed E-state index contributed by atoms with van der Waals surface area (Å²) in [7, 11) is 0. The number of nitrogens with zero attached hydrogens (tertiary/aromatic N) is 1. The van der Waals surface area contributed by atoms with Crippen LogP contribution in [0, 0.1) is 13.8 Å². The van der Waals surface area contributed by atoms with E-state index < -0.39 is 0 Å². The normalized spacial score (nSPS) is 18.3. The van der Waals surface area contributed by atoms with Crippen LogP contribution in [-0.2, 0) is 11.2 Å². The summed E-state index contributed by atoms with van der Waals surface area (Å²) in [5.74, 6) is 0.185. The summed E-state index contributed by atoms with van der Waals surface area (Å²) in [6, 6.07) is 4.41. The van der Waals surface area contributed by atoms with Gasteiger partial charge in [-0.2, -0.15) is 0 Å². The van der Waals surface area contributed by atoms with Crippen molar-refractivity contribution >= 4 is 29.3 Å². The van der Waals surface area contributed by atoms with Crippen molar-refractivity contribution < 1.29 is 9.21 Å². The highest BCUT2D eigenvalue weighted by atomic mass is 35.5. The lowest BCUT2D eigenvalue weighted by molar-refractivity contribution is -0.133. The molecule has 1 N–H and O–H groups in total. The van der Waals surface area contributed by atoms with E-state index in [9.17, 15) is 4.79 Å². The first-order valence-corrected chi connectivity index (χ1v) is 7.54. The van der Waals surface area contributed by atoms with E-state index in [1.165, 1.54) is 5.56 Å². The third-order valence-electron chi connectivity index (χ3n) is 4.51. The molecule has 5 heteroatoms. The minimum atomic E-state index is 0. The highest BCUT2D eigenvalue weighted by Crippen LogP contribution is 2.27. The molecule has 1 aromatic heterocycles. The van der Waals surface area contributed by atoms with Gasteiger partial charge in [-0.25, -0.2) is 0 Å². The van der Waals surface area contributed by atoms with Crippen molar-refractivity contribution in [3.63, 3.8) is 0 Å². The van der Waals surface area contributed by atoms with Crippen LogP contribution in [0.15, 0.2) is 22.8 Å². The number of furan rings is 1. The van der Waals surface area contributed by atoms with Crippen molar-refractivity contribution in [3.8, 4) is 0 Å². The molecule has 0 radical (unpaired) electrons. The highest BCUT2D eigenvalue weighted by Gasteiger charge is 2.24. The molecule has 3 rings (SSSR count). The lowest BCUT2D eigenvalue weighted by atomic mass is 10.0. The molecule has 1 amide bonds. The third kappa shape index (κ3) is 2.99. The second kappa shape index (κ2) is 6.71. The number of nitrogens with one attached hydrogen (secondary N) is 1. The van der Waals surface area contributed by atoms with Gasteiger partial charge in [0.25, 0.3) is 0 Å². The maximum Gasteiger partial charge on any atom is 0.227 e. The van der Waals surface area contributed by atoms with Crippen LogP contribution in [0.25, 0.3) is 11.0 Å². The van der Waals surface area contributed by atoms with Gasteiger partial charge in [-0.1, -0.05) is 12.1 Å². The van der Waals surface area contributed by atoms with Crippen molar-refractivity contribution in [3.05, 3.63) is 35.1 Å². The molecule has 1 aliphatic rings. The lowest BCUT2D eigenvalue weighted by Gasteiger charge is -2.34. The number of piperazine rings is 1. The lowest BCUT2D eigenvalue weighted by Crippen LogP contribution is -2.52. The average Bonchev–Trinajstić information content (AvgIpc) is 2.87. The number of halogens is 1. The first-order chi connectivity index (χ1) is 10.1. The van der Waals surface area contributed by atoms with E-state index in [0.29, 0.717) is 6.42 Å². The Morgan fingerprint density at radius 1 is 1.41 bits per heavy atom.